The average molecular weight is 261 g/mol. The van der Waals surface area contributed by atoms with Crippen LogP contribution in [-0.4, -0.2) is 24.2 Å². The Bertz CT molecular complexity index is 387. The van der Waals surface area contributed by atoms with Gasteiger partial charge in [-0.2, -0.15) is 13.2 Å². The monoisotopic (exact) mass is 261 g/mol. The van der Waals surface area contributed by atoms with Gasteiger partial charge in [0.25, 0.3) is 0 Å². The number of nitrogens with one attached hydrogen (secondary N) is 1. The Labute approximate surface area is 103 Å². The molecule has 0 unspecified atom stereocenters. The van der Waals surface area contributed by atoms with Crippen molar-refractivity contribution in [2.24, 2.45) is 0 Å². The Morgan fingerprint density at radius 1 is 1.22 bits per heavy atom. The van der Waals surface area contributed by atoms with Crippen LogP contribution in [0.25, 0.3) is 0 Å². The number of halogens is 3. The average Bonchev–Trinajstić information content (AvgIpc) is 2.29. The lowest BCUT2D eigenvalue weighted by atomic mass is 10.1. The predicted molar refractivity (Wildman–Crippen MR) is 59.9 cm³/mol. The second kappa shape index (κ2) is 6.39. The van der Waals surface area contributed by atoms with E-state index in [2.05, 4.69) is 5.32 Å². The van der Waals surface area contributed by atoms with Gasteiger partial charge in [0, 0.05) is 13.2 Å². The summed E-state index contributed by atoms with van der Waals surface area (Å²) < 4.78 is 36.9. The summed E-state index contributed by atoms with van der Waals surface area (Å²) in [6.07, 6.45) is -3.87. The summed E-state index contributed by atoms with van der Waals surface area (Å²) in [5.74, 6) is -0.275. The summed E-state index contributed by atoms with van der Waals surface area (Å²) >= 11 is 0. The first-order valence-electron chi connectivity index (χ1n) is 5.47. The van der Waals surface area contributed by atoms with Gasteiger partial charge < -0.3 is 10.4 Å². The van der Waals surface area contributed by atoms with Gasteiger partial charge in [-0.25, -0.2) is 0 Å². The van der Waals surface area contributed by atoms with Crippen LogP contribution in [0.2, 0.25) is 0 Å². The molecule has 0 aliphatic heterocycles. The summed E-state index contributed by atoms with van der Waals surface area (Å²) in [6, 6.07) is 4.48. The summed E-state index contributed by atoms with van der Waals surface area (Å²) in [4.78, 5) is 11.4. The van der Waals surface area contributed by atoms with Gasteiger partial charge in [0.2, 0.25) is 5.91 Å². The van der Waals surface area contributed by atoms with E-state index in [1.54, 1.807) is 0 Å². The fraction of sp³-hybridized carbons (Fsp3) is 0.417. The lowest BCUT2D eigenvalue weighted by Gasteiger charge is -2.08. The van der Waals surface area contributed by atoms with Crippen LogP contribution < -0.4 is 5.32 Å². The summed E-state index contributed by atoms with van der Waals surface area (Å²) in [6.45, 7) is 0.344. The molecular weight excluding hydrogens is 247 g/mol. The zero-order valence-corrected chi connectivity index (χ0v) is 9.63. The molecule has 0 aromatic heterocycles. The molecule has 0 saturated heterocycles. The number of rotatable bonds is 5. The molecule has 0 heterocycles. The summed E-state index contributed by atoms with van der Waals surface area (Å²) in [5.41, 5.74) is -0.212. The Morgan fingerprint density at radius 2 is 1.83 bits per heavy atom. The molecule has 0 spiro atoms. The molecule has 0 fully saturated rings. The molecule has 1 aromatic rings. The number of alkyl halides is 3. The highest BCUT2D eigenvalue weighted by Gasteiger charge is 2.29. The van der Waals surface area contributed by atoms with Crippen LogP contribution in [0.3, 0.4) is 0 Å². The predicted octanol–water partition coefficient (Wildman–Crippen LogP) is 1.75. The van der Waals surface area contributed by atoms with Gasteiger partial charge in [0.05, 0.1) is 12.0 Å². The minimum Gasteiger partial charge on any atom is -0.396 e. The summed E-state index contributed by atoms with van der Waals surface area (Å²) in [5, 5.41) is 11.1. The molecule has 1 rings (SSSR count). The van der Waals surface area contributed by atoms with Crippen molar-refractivity contribution in [1.82, 2.24) is 5.32 Å². The van der Waals surface area contributed by atoms with Gasteiger partial charge in [-0.3, -0.25) is 4.79 Å². The van der Waals surface area contributed by atoms with Gasteiger partial charge in [0.15, 0.2) is 0 Å². The maximum atomic E-state index is 12.3. The zero-order valence-electron chi connectivity index (χ0n) is 9.63. The van der Waals surface area contributed by atoms with Crippen molar-refractivity contribution in [1.29, 1.82) is 0 Å². The maximum Gasteiger partial charge on any atom is 0.416 e. The Morgan fingerprint density at radius 3 is 2.33 bits per heavy atom. The second-order valence-electron chi connectivity index (χ2n) is 3.80. The van der Waals surface area contributed by atoms with Gasteiger partial charge >= 0.3 is 6.18 Å². The third kappa shape index (κ3) is 4.75. The topological polar surface area (TPSA) is 49.3 Å². The Balaban J connectivity index is 2.51. The van der Waals surface area contributed by atoms with Crippen molar-refractivity contribution in [2.45, 2.75) is 19.0 Å². The van der Waals surface area contributed by atoms with Crippen molar-refractivity contribution in [3.05, 3.63) is 35.4 Å². The van der Waals surface area contributed by atoms with Crippen LogP contribution in [0.4, 0.5) is 13.2 Å². The van der Waals surface area contributed by atoms with E-state index in [4.69, 9.17) is 5.11 Å². The molecule has 1 amide bonds. The molecule has 0 atom stereocenters. The lowest BCUT2D eigenvalue weighted by molar-refractivity contribution is -0.137. The second-order valence-corrected chi connectivity index (χ2v) is 3.80. The molecule has 1 aromatic carbocycles. The first kappa shape index (κ1) is 14.5. The lowest BCUT2D eigenvalue weighted by Crippen LogP contribution is -2.26. The first-order valence-corrected chi connectivity index (χ1v) is 5.47. The van der Waals surface area contributed by atoms with E-state index in [1.165, 1.54) is 12.1 Å². The van der Waals surface area contributed by atoms with Gasteiger partial charge in [-0.15, -0.1) is 0 Å². The van der Waals surface area contributed by atoms with Crippen LogP contribution in [-0.2, 0) is 17.4 Å². The largest absolute Gasteiger partial charge is 0.416 e. The van der Waals surface area contributed by atoms with Crippen molar-refractivity contribution >= 4 is 5.91 Å². The molecular formula is C12H14F3NO2. The fourth-order valence-corrected chi connectivity index (χ4v) is 1.37. The molecule has 0 bridgehead atoms. The van der Waals surface area contributed by atoms with Crippen molar-refractivity contribution < 1.29 is 23.1 Å². The minimum absolute atomic E-state index is 0.0133. The van der Waals surface area contributed by atoms with E-state index in [9.17, 15) is 18.0 Å². The van der Waals surface area contributed by atoms with Crippen LogP contribution in [0.15, 0.2) is 24.3 Å². The van der Waals surface area contributed by atoms with E-state index < -0.39 is 11.7 Å². The maximum absolute atomic E-state index is 12.3. The minimum atomic E-state index is -4.36. The number of benzene rings is 1. The number of aliphatic hydroxyl groups is 1. The van der Waals surface area contributed by atoms with Gasteiger partial charge in [0.1, 0.15) is 0 Å². The molecule has 0 aliphatic carbocycles. The van der Waals surface area contributed by atoms with E-state index >= 15 is 0 Å². The Hall–Kier alpha value is -1.56. The molecule has 3 nitrogen and oxygen atoms in total. The number of amides is 1. The molecule has 0 radical (unpaired) electrons. The fourth-order valence-electron chi connectivity index (χ4n) is 1.37. The number of carbonyl (C=O) groups excluding carboxylic acids is 1. The van der Waals surface area contributed by atoms with E-state index in [0.717, 1.165) is 12.1 Å². The van der Waals surface area contributed by atoms with Crippen molar-refractivity contribution in [3.8, 4) is 0 Å². The number of aliphatic hydroxyl groups excluding tert-OH is 1. The molecule has 0 saturated carbocycles. The van der Waals surface area contributed by atoms with Crippen molar-refractivity contribution in [2.75, 3.05) is 13.2 Å². The van der Waals surface area contributed by atoms with Crippen molar-refractivity contribution in [3.63, 3.8) is 0 Å². The summed E-state index contributed by atoms with van der Waals surface area (Å²) in [7, 11) is 0. The molecule has 6 heteroatoms. The zero-order chi connectivity index (χ0) is 13.6. The van der Waals surface area contributed by atoms with Crippen LogP contribution in [0.1, 0.15) is 17.5 Å². The smallest absolute Gasteiger partial charge is 0.396 e. The van der Waals surface area contributed by atoms with Gasteiger partial charge in [-0.05, 0) is 24.1 Å². The molecule has 100 valence electrons. The van der Waals surface area contributed by atoms with Crippen LogP contribution in [0.5, 0.6) is 0 Å². The number of hydrogen-bond donors (Lipinski definition) is 2. The third-order valence-electron chi connectivity index (χ3n) is 2.30. The SMILES string of the molecule is O=C(Cc1ccc(C(F)(F)F)cc1)NCCCO. The first-order chi connectivity index (χ1) is 8.43. The van der Waals surface area contributed by atoms with Crippen LogP contribution in [0, 0.1) is 0 Å². The van der Waals surface area contributed by atoms with Gasteiger partial charge in [-0.1, -0.05) is 12.1 Å². The highest BCUT2D eigenvalue weighted by atomic mass is 19.4. The molecule has 0 aliphatic rings. The standard InChI is InChI=1S/C12H14F3NO2/c13-12(14,15)10-4-2-9(3-5-10)8-11(18)16-6-1-7-17/h2-5,17H,1,6-8H2,(H,16,18). The number of carbonyl (C=O) groups is 1. The normalized spacial score (nSPS) is 11.3. The Kier molecular flexibility index (Phi) is 5.15. The third-order valence-corrected chi connectivity index (χ3v) is 2.30. The van der Waals surface area contributed by atoms with E-state index in [0.29, 0.717) is 18.5 Å². The molecule has 18 heavy (non-hydrogen) atoms. The highest BCUT2D eigenvalue weighted by Crippen LogP contribution is 2.29. The quantitative estimate of drug-likeness (QED) is 0.793. The van der Waals surface area contributed by atoms with Crippen LogP contribution >= 0.6 is 0 Å². The highest BCUT2D eigenvalue weighted by molar-refractivity contribution is 5.78. The number of hydrogen-bond acceptors (Lipinski definition) is 2. The van der Waals surface area contributed by atoms with E-state index in [1.807, 2.05) is 0 Å². The van der Waals surface area contributed by atoms with E-state index in [-0.39, 0.29) is 18.9 Å². The molecule has 2 N–H and O–H groups in total.